The van der Waals surface area contributed by atoms with Crippen LogP contribution in [0.4, 0.5) is 9.59 Å². The Morgan fingerprint density at radius 2 is 1.67 bits per heavy atom. The van der Waals surface area contributed by atoms with Gasteiger partial charge in [0, 0.05) is 6.92 Å². The summed E-state index contributed by atoms with van der Waals surface area (Å²) < 4.78 is 11.9. The zero-order chi connectivity index (χ0) is 9.56. The van der Waals surface area contributed by atoms with E-state index in [0.29, 0.717) is 0 Å². The zero-order valence-electron chi connectivity index (χ0n) is 6.66. The number of carbonyl (C=O) groups is 3. The topological polar surface area (TPSA) is 78.9 Å². The van der Waals surface area contributed by atoms with Crippen LogP contribution < -0.4 is 0 Å². The van der Waals surface area contributed by atoms with E-state index in [2.05, 4.69) is 14.2 Å². The Labute approximate surface area is 68.4 Å². The number of hydrogen-bond acceptors (Lipinski definition) is 6. The van der Waals surface area contributed by atoms with Crippen LogP contribution in [0.25, 0.3) is 0 Å². The lowest BCUT2D eigenvalue weighted by atomic mass is 10.8. The number of carbonyl (C=O) groups excluding carboxylic acids is 3. The maximum Gasteiger partial charge on any atom is 0.526 e. The van der Waals surface area contributed by atoms with Crippen molar-refractivity contribution in [3.05, 3.63) is 0 Å². The molecule has 0 heterocycles. The number of hydrogen-bond donors (Lipinski definition) is 0. The highest BCUT2D eigenvalue weighted by molar-refractivity contribution is 5.85. The van der Waals surface area contributed by atoms with Crippen molar-refractivity contribution in [3.8, 4) is 0 Å². The predicted octanol–water partition coefficient (Wildman–Crippen LogP) is 0.843. The van der Waals surface area contributed by atoms with Gasteiger partial charge < -0.3 is 14.2 Å². The van der Waals surface area contributed by atoms with Gasteiger partial charge in [-0.3, -0.25) is 4.79 Å². The van der Waals surface area contributed by atoms with Crippen molar-refractivity contribution in [2.45, 2.75) is 13.8 Å². The summed E-state index contributed by atoms with van der Waals surface area (Å²) >= 11 is 0. The Balaban J connectivity index is 3.69. The van der Waals surface area contributed by atoms with Crippen molar-refractivity contribution in [1.29, 1.82) is 0 Å². The highest BCUT2D eigenvalue weighted by Crippen LogP contribution is 1.90. The van der Waals surface area contributed by atoms with E-state index >= 15 is 0 Å². The molecule has 68 valence electrons. The van der Waals surface area contributed by atoms with Crippen molar-refractivity contribution < 1.29 is 28.6 Å². The van der Waals surface area contributed by atoms with Gasteiger partial charge in [-0.25, -0.2) is 9.59 Å². The summed E-state index contributed by atoms with van der Waals surface area (Å²) in [5.41, 5.74) is 0. The van der Waals surface area contributed by atoms with Crippen LogP contribution in [0.5, 0.6) is 0 Å². The summed E-state index contributed by atoms with van der Waals surface area (Å²) in [5, 5.41) is 0. The van der Waals surface area contributed by atoms with Crippen LogP contribution >= 0.6 is 0 Å². The fourth-order valence-corrected chi connectivity index (χ4v) is 0.354. The fraction of sp³-hybridized carbons (Fsp3) is 0.500. The molecule has 6 heteroatoms. The third-order valence-electron chi connectivity index (χ3n) is 0.656. The van der Waals surface area contributed by atoms with Gasteiger partial charge in [0.05, 0.1) is 6.61 Å². The van der Waals surface area contributed by atoms with Gasteiger partial charge >= 0.3 is 18.3 Å². The summed E-state index contributed by atoms with van der Waals surface area (Å²) in [6.45, 7) is 2.62. The van der Waals surface area contributed by atoms with Gasteiger partial charge in [-0.2, -0.15) is 0 Å². The molecule has 0 aliphatic carbocycles. The average molecular weight is 176 g/mol. The van der Waals surface area contributed by atoms with E-state index < -0.39 is 18.3 Å². The van der Waals surface area contributed by atoms with Crippen LogP contribution in [0.2, 0.25) is 0 Å². The van der Waals surface area contributed by atoms with Crippen LogP contribution in [0.1, 0.15) is 13.8 Å². The molecule has 0 aliphatic heterocycles. The minimum Gasteiger partial charge on any atom is -0.434 e. The summed E-state index contributed by atoms with van der Waals surface area (Å²) in [5.74, 6) is -0.857. The number of rotatable bonds is 1. The molecule has 0 aliphatic rings. The number of ether oxygens (including phenoxy) is 3. The van der Waals surface area contributed by atoms with Gasteiger partial charge in [-0.05, 0) is 6.92 Å². The lowest BCUT2D eigenvalue weighted by Gasteiger charge is -2.00. The molecule has 0 atom stereocenters. The molecule has 0 fully saturated rings. The molecule has 0 radical (unpaired) electrons. The normalized spacial score (nSPS) is 8.50. The zero-order valence-corrected chi connectivity index (χ0v) is 6.66. The van der Waals surface area contributed by atoms with Gasteiger partial charge in [-0.1, -0.05) is 0 Å². The van der Waals surface area contributed by atoms with E-state index in [9.17, 15) is 14.4 Å². The van der Waals surface area contributed by atoms with Crippen LogP contribution in [0.3, 0.4) is 0 Å². The van der Waals surface area contributed by atoms with Crippen LogP contribution in [-0.4, -0.2) is 24.9 Å². The van der Waals surface area contributed by atoms with Crippen LogP contribution in [0, 0.1) is 0 Å². The minimum atomic E-state index is -1.39. The lowest BCUT2D eigenvalue weighted by Crippen LogP contribution is -2.16. The summed E-state index contributed by atoms with van der Waals surface area (Å²) in [6, 6.07) is 0. The van der Waals surface area contributed by atoms with Crippen LogP contribution in [-0.2, 0) is 19.0 Å². The van der Waals surface area contributed by atoms with Crippen molar-refractivity contribution in [3.63, 3.8) is 0 Å². The molecule has 0 aromatic heterocycles. The smallest absolute Gasteiger partial charge is 0.434 e. The van der Waals surface area contributed by atoms with Gasteiger partial charge in [0.2, 0.25) is 0 Å². The first-order valence-corrected chi connectivity index (χ1v) is 3.13. The average Bonchev–Trinajstić information content (AvgIpc) is 1.84. The minimum absolute atomic E-state index is 0.0756. The molecule has 0 bridgehead atoms. The first-order chi connectivity index (χ1) is 5.56. The third-order valence-corrected chi connectivity index (χ3v) is 0.656. The standard InChI is InChI=1S/C6H8O6/c1-3-10-5(8)12-6(9)11-4(2)7/h3H2,1-2H3. The Kier molecular flexibility index (Phi) is 4.43. The summed E-state index contributed by atoms with van der Waals surface area (Å²) in [4.78, 5) is 30.9. The molecule has 0 spiro atoms. The van der Waals surface area contributed by atoms with Crippen molar-refractivity contribution in [2.75, 3.05) is 6.61 Å². The van der Waals surface area contributed by atoms with E-state index in [1.54, 1.807) is 0 Å². The Hall–Kier alpha value is -1.59. The maximum absolute atomic E-state index is 10.4. The molecule has 0 aromatic rings. The lowest BCUT2D eigenvalue weighted by molar-refractivity contribution is -0.136. The Bertz CT molecular complexity index is 196. The second kappa shape index (κ2) is 5.11. The Morgan fingerprint density at radius 1 is 1.08 bits per heavy atom. The molecule has 0 unspecified atom stereocenters. The van der Waals surface area contributed by atoms with Crippen molar-refractivity contribution in [2.24, 2.45) is 0 Å². The summed E-state index contributed by atoms with van der Waals surface area (Å²) in [7, 11) is 0. The van der Waals surface area contributed by atoms with Crippen LogP contribution in [0.15, 0.2) is 0 Å². The van der Waals surface area contributed by atoms with Gasteiger partial charge in [0.1, 0.15) is 0 Å². The molecule has 12 heavy (non-hydrogen) atoms. The highest BCUT2D eigenvalue weighted by Gasteiger charge is 2.13. The maximum atomic E-state index is 10.4. The quantitative estimate of drug-likeness (QED) is 0.435. The second-order valence-corrected chi connectivity index (χ2v) is 1.63. The fourth-order valence-electron chi connectivity index (χ4n) is 0.354. The number of esters is 1. The molecule has 0 saturated heterocycles. The predicted molar refractivity (Wildman–Crippen MR) is 35.3 cm³/mol. The van der Waals surface area contributed by atoms with E-state index in [-0.39, 0.29) is 6.61 Å². The van der Waals surface area contributed by atoms with Crippen molar-refractivity contribution in [1.82, 2.24) is 0 Å². The van der Waals surface area contributed by atoms with Gasteiger partial charge in [0.15, 0.2) is 0 Å². The first kappa shape index (κ1) is 10.4. The molecular weight excluding hydrogens is 168 g/mol. The molecule has 0 aromatic carbocycles. The van der Waals surface area contributed by atoms with E-state index in [1.807, 2.05) is 0 Å². The van der Waals surface area contributed by atoms with E-state index in [0.717, 1.165) is 6.92 Å². The first-order valence-electron chi connectivity index (χ1n) is 3.13. The SMILES string of the molecule is CCOC(=O)OC(=O)OC(C)=O. The molecule has 0 N–H and O–H groups in total. The highest BCUT2D eigenvalue weighted by atomic mass is 16.8. The summed E-state index contributed by atoms with van der Waals surface area (Å²) in [6.07, 6.45) is -2.58. The second-order valence-electron chi connectivity index (χ2n) is 1.63. The monoisotopic (exact) mass is 176 g/mol. The largest absolute Gasteiger partial charge is 0.526 e. The van der Waals surface area contributed by atoms with Gasteiger partial charge in [0.25, 0.3) is 0 Å². The molecule has 0 saturated carbocycles. The molecule has 0 amide bonds. The molecular formula is C6H8O6. The van der Waals surface area contributed by atoms with E-state index in [1.165, 1.54) is 6.92 Å². The Morgan fingerprint density at radius 3 is 2.08 bits per heavy atom. The van der Waals surface area contributed by atoms with Crippen molar-refractivity contribution >= 4 is 18.3 Å². The third kappa shape index (κ3) is 5.21. The van der Waals surface area contributed by atoms with E-state index in [4.69, 9.17) is 0 Å². The van der Waals surface area contributed by atoms with Gasteiger partial charge in [-0.15, -0.1) is 0 Å². The molecule has 0 rings (SSSR count). The molecule has 6 nitrogen and oxygen atoms in total.